The highest BCUT2D eigenvalue weighted by Gasteiger charge is 2.10. The van der Waals surface area contributed by atoms with Crippen molar-refractivity contribution >= 4 is 27.0 Å². The molecule has 0 N–H and O–H groups in total. The van der Waals surface area contributed by atoms with Gasteiger partial charge in [0.25, 0.3) is 0 Å². The molecule has 89 valence electrons. The SMILES string of the molecule is [CH2]c1ccc2oc(-c3ccc(Br)c(F)c3)nc2c1. The monoisotopic (exact) mass is 304 g/mol. The minimum absolute atomic E-state index is 0.340. The van der Waals surface area contributed by atoms with Crippen LogP contribution in [-0.4, -0.2) is 4.98 Å². The summed E-state index contributed by atoms with van der Waals surface area (Å²) in [5.41, 5.74) is 2.86. The molecule has 0 aliphatic rings. The number of nitrogens with zero attached hydrogens (tertiary/aromatic N) is 1. The van der Waals surface area contributed by atoms with Crippen LogP contribution in [0.3, 0.4) is 0 Å². The van der Waals surface area contributed by atoms with Crippen LogP contribution in [0.1, 0.15) is 5.56 Å². The highest BCUT2D eigenvalue weighted by molar-refractivity contribution is 9.10. The van der Waals surface area contributed by atoms with E-state index in [0.717, 1.165) is 11.1 Å². The van der Waals surface area contributed by atoms with Crippen LogP contribution in [0.5, 0.6) is 0 Å². The molecule has 0 saturated heterocycles. The minimum atomic E-state index is -0.340. The maximum absolute atomic E-state index is 13.5. The topological polar surface area (TPSA) is 26.0 Å². The third-order valence-electron chi connectivity index (χ3n) is 2.62. The van der Waals surface area contributed by atoms with Gasteiger partial charge < -0.3 is 4.42 Å². The molecular weight excluding hydrogens is 297 g/mol. The number of halogens is 2. The largest absolute Gasteiger partial charge is 0.436 e. The predicted molar refractivity (Wildman–Crippen MR) is 71.6 cm³/mol. The highest BCUT2D eigenvalue weighted by atomic mass is 79.9. The van der Waals surface area contributed by atoms with Crippen LogP contribution in [0.4, 0.5) is 4.39 Å². The van der Waals surface area contributed by atoms with E-state index in [-0.39, 0.29) is 5.82 Å². The molecule has 2 nitrogen and oxygen atoms in total. The van der Waals surface area contributed by atoms with Crippen LogP contribution in [0.15, 0.2) is 45.3 Å². The van der Waals surface area contributed by atoms with Crippen molar-refractivity contribution in [1.29, 1.82) is 0 Å². The summed E-state index contributed by atoms with van der Waals surface area (Å²) in [6, 6.07) is 10.3. The maximum atomic E-state index is 13.5. The number of hydrogen-bond acceptors (Lipinski definition) is 2. The van der Waals surface area contributed by atoms with E-state index >= 15 is 0 Å². The van der Waals surface area contributed by atoms with E-state index in [0.29, 0.717) is 21.5 Å². The van der Waals surface area contributed by atoms with Crippen molar-refractivity contribution in [3.05, 3.63) is 59.2 Å². The molecular formula is C14H8BrFNO. The van der Waals surface area contributed by atoms with Crippen molar-refractivity contribution in [3.63, 3.8) is 0 Å². The zero-order valence-corrected chi connectivity index (χ0v) is 10.9. The van der Waals surface area contributed by atoms with Crippen LogP contribution >= 0.6 is 15.9 Å². The molecule has 0 aliphatic carbocycles. The molecule has 1 heterocycles. The summed E-state index contributed by atoms with van der Waals surface area (Å²) in [5.74, 6) is 0.0644. The van der Waals surface area contributed by atoms with Crippen LogP contribution in [0.2, 0.25) is 0 Å². The van der Waals surface area contributed by atoms with Gasteiger partial charge in [0.05, 0.1) is 4.47 Å². The van der Waals surface area contributed by atoms with Gasteiger partial charge >= 0.3 is 0 Å². The van der Waals surface area contributed by atoms with E-state index in [1.165, 1.54) is 6.07 Å². The Morgan fingerprint density at radius 2 is 2.00 bits per heavy atom. The summed E-state index contributed by atoms with van der Waals surface area (Å²) in [6.07, 6.45) is 0. The number of aromatic nitrogens is 1. The number of rotatable bonds is 1. The van der Waals surface area contributed by atoms with Crippen molar-refractivity contribution in [2.24, 2.45) is 0 Å². The first-order valence-corrected chi connectivity index (χ1v) is 6.11. The van der Waals surface area contributed by atoms with Crippen molar-refractivity contribution in [3.8, 4) is 11.5 Å². The van der Waals surface area contributed by atoms with Crippen LogP contribution in [0.25, 0.3) is 22.6 Å². The molecule has 3 rings (SSSR count). The quantitative estimate of drug-likeness (QED) is 0.658. The van der Waals surface area contributed by atoms with Gasteiger partial charge in [-0.15, -0.1) is 0 Å². The molecule has 0 spiro atoms. The Kier molecular flexibility index (Phi) is 2.67. The second-order valence-electron chi connectivity index (χ2n) is 3.95. The third-order valence-corrected chi connectivity index (χ3v) is 3.26. The van der Waals surface area contributed by atoms with E-state index in [2.05, 4.69) is 27.8 Å². The molecule has 3 aromatic rings. The molecule has 2 aromatic carbocycles. The predicted octanol–water partition coefficient (Wildman–Crippen LogP) is 4.58. The lowest BCUT2D eigenvalue weighted by Crippen LogP contribution is -1.81. The van der Waals surface area contributed by atoms with E-state index < -0.39 is 0 Å². The lowest BCUT2D eigenvalue weighted by molar-refractivity contribution is 0.608. The Balaban J connectivity index is 2.16. The number of benzene rings is 2. The Bertz CT molecular complexity index is 736. The van der Waals surface area contributed by atoms with Crippen molar-refractivity contribution in [2.45, 2.75) is 0 Å². The Labute approximate surface area is 112 Å². The summed E-state index contributed by atoms with van der Waals surface area (Å²) in [5, 5.41) is 0. The Morgan fingerprint density at radius 3 is 2.78 bits per heavy atom. The zero-order valence-electron chi connectivity index (χ0n) is 9.28. The molecule has 4 heteroatoms. The van der Waals surface area contributed by atoms with E-state index in [9.17, 15) is 4.39 Å². The summed E-state index contributed by atoms with van der Waals surface area (Å²) in [6.45, 7) is 3.83. The highest BCUT2D eigenvalue weighted by Crippen LogP contribution is 2.27. The van der Waals surface area contributed by atoms with Gasteiger partial charge in [-0.05, 0) is 58.7 Å². The molecule has 0 saturated carbocycles. The maximum Gasteiger partial charge on any atom is 0.227 e. The van der Waals surface area contributed by atoms with Gasteiger partial charge in [0, 0.05) is 5.56 Å². The molecule has 18 heavy (non-hydrogen) atoms. The summed E-state index contributed by atoms with van der Waals surface area (Å²) in [4.78, 5) is 4.33. The molecule has 0 atom stereocenters. The van der Waals surface area contributed by atoms with Crippen LogP contribution < -0.4 is 0 Å². The number of hydrogen-bond donors (Lipinski definition) is 0. The van der Waals surface area contributed by atoms with Gasteiger partial charge in [-0.25, -0.2) is 9.37 Å². The van der Waals surface area contributed by atoms with Crippen LogP contribution in [-0.2, 0) is 0 Å². The number of fused-ring (bicyclic) bond motifs is 1. The van der Waals surface area contributed by atoms with Gasteiger partial charge in [-0.2, -0.15) is 0 Å². The van der Waals surface area contributed by atoms with E-state index in [4.69, 9.17) is 4.42 Å². The molecule has 0 fully saturated rings. The summed E-state index contributed by atoms with van der Waals surface area (Å²) >= 11 is 3.11. The van der Waals surface area contributed by atoms with E-state index in [1.807, 2.05) is 18.2 Å². The van der Waals surface area contributed by atoms with Crippen molar-refractivity contribution in [2.75, 3.05) is 0 Å². The van der Waals surface area contributed by atoms with Gasteiger partial charge in [0.2, 0.25) is 5.89 Å². The van der Waals surface area contributed by atoms with Crippen molar-refractivity contribution in [1.82, 2.24) is 4.98 Å². The minimum Gasteiger partial charge on any atom is -0.436 e. The van der Waals surface area contributed by atoms with Gasteiger partial charge in [0.1, 0.15) is 11.3 Å². The molecule has 0 bridgehead atoms. The van der Waals surface area contributed by atoms with Gasteiger partial charge in [-0.3, -0.25) is 0 Å². The fourth-order valence-electron chi connectivity index (χ4n) is 1.73. The summed E-state index contributed by atoms with van der Waals surface area (Å²) < 4.78 is 19.5. The first-order chi connectivity index (χ1) is 8.63. The Hall–Kier alpha value is -1.68. The zero-order chi connectivity index (χ0) is 12.7. The molecule has 0 unspecified atom stereocenters. The summed E-state index contributed by atoms with van der Waals surface area (Å²) in [7, 11) is 0. The number of oxazole rings is 1. The average molecular weight is 305 g/mol. The van der Waals surface area contributed by atoms with Gasteiger partial charge in [0.15, 0.2) is 5.58 Å². The average Bonchev–Trinajstić information content (AvgIpc) is 2.75. The second-order valence-corrected chi connectivity index (χ2v) is 4.80. The fourth-order valence-corrected chi connectivity index (χ4v) is 1.97. The molecule has 1 aromatic heterocycles. The fraction of sp³-hybridized carbons (Fsp3) is 0. The lowest BCUT2D eigenvalue weighted by atomic mass is 10.2. The lowest BCUT2D eigenvalue weighted by Gasteiger charge is -1.97. The van der Waals surface area contributed by atoms with E-state index in [1.54, 1.807) is 12.1 Å². The standard InChI is InChI=1S/C14H8BrFNO/c1-8-2-5-13-12(6-8)17-14(18-13)9-3-4-10(15)11(16)7-9/h2-7H,1H2. The third kappa shape index (κ3) is 1.93. The first kappa shape index (κ1) is 11.4. The normalized spacial score (nSPS) is 11.1. The Morgan fingerprint density at radius 1 is 1.17 bits per heavy atom. The van der Waals surface area contributed by atoms with Crippen molar-refractivity contribution < 1.29 is 8.81 Å². The van der Waals surface area contributed by atoms with Gasteiger partial charge in [-0.1, -0.05) is 6.07 Å². The van der Waals surface area contributed by atoms with Crippen LogP contribution in [0, 0.1) is 12.7 Å². The second kappa shape index (κ2) is 4.21. The molecule has 0 aliphatic heterocycles. The smallest absolute Gasteiger partial charge is 0.227 e. The molecule has 1 radical (unpaired) electrons. The molecule has 0 amide bonds. The first-order valence-electron chi connectivity index (χ1n) is 5.31.